The zero-order valence-electron chi connectivity index (χ0n) is 10.3. The summed E-state index contributed by atoms with van der Waals surface area (Å²) in [5.74, 6) is 0.152. The molecule has 0 unspecified atom stereocenters. The number of aromatic hydroxyl groups is 1. The molecule has 0 aliphatic carbocycles. The van der Waals surface area contributed by atoms with Gasteiger partial charge in [-0.05, 0) is 25.5 Å². The summed E-state index contributed by atoms with van der Waals surface area (Å²) < 4.78 is 0. The van der Waals surface area contributed by atoms with Crippen LogP contribution in [0.5, 0.6) is 5.75 Å². The maximum absolute atomic E-state index is 12.1. The summed E-state index contributed by atoms with van der Waals surface area (Å²) >= 11 is 6.09. The van der Waals surface area contributed by atoms with E-state index in [4.69, 9.17) is 11.6 Å². The van der Waals surface area contributed by atoms with Gasteiger partial charge in [0, 0.05) is 16.5 Å². The summed E-state index contributed by atoms with van der Waals surface area (Å²) in [6, 6.07) is 1.65. The van der Waals surface area contributed by atoms with Gasteiger partial charge in [-0.3, -0.25) is 4.79 Å². The highest BCUT2D eigenvalue weighted by atomic mass is 35.5. The number of ketones is 1. The van der Waals surface area contributed by atoms with E-state index in [1.165, 1.54) is 0 Å². The van der Waals surface area contributed by atoms with E-state index in [9.17, 15) is 9.90 Å². The summed E-state index contributed by atoms with van der Waals surface area (Å²) in [7, 11) is 0. The molecule has 0 spiro atoms. The van der Waals surface area contributed by atoms with Crippen molar-refractivity contribution in [1.29, 1.82) is 0 Å². The topological polar surface area (TPSA) is 37.3 Å². The van der Waals surface area contributed by atoms with E-state index in [-0.39, 0.29) is 11.5 Å². The van der Waals surface area contributed by atoms with E-state index >= 15 is 0 Å². The molecule has 3 heteroatoms. The molecule has 0 aliphatic rings. The number of aryl methyl sites for hydroxylation is 1. The van der Waals surface area contributed by atoms with Gasteiger partial charge in [0.2, 0.25) is 0 Å². The van der Waals surface area contributed by atoms with Crippen LogP contribution in [0.3, 0.4) is 0 Å². The highest BCUT2D eigenvalue weighted by Gasteiger charge is 2.26. The van der Waals surface area contributed by atoms with Crippen molar-refractivity contribution in [2.45, 2.75) is 34.6 Å². The lowest BCUT2D eigenvalue weighted by Gasteiger charge is -2.19. The SMILES string of the molecule is Cc1cc(C(=O)C(C)(C)C)c(Cl)c(C)c1O. The number of hydrogen-bond donors (Lipinski definition) is 1. The molecule has 1 aromatic rings. The van der Waals surface area contributed by atoms with Crippen molar-refractivity contribution in [3.05, 3.63) is 27.8 Å². The lowest BCUT2D eigenvalue weighted by Crippen LogP contribution is -2.21. The minimum Gasteiger partial charge on any atom is -0.507 e. The van der Waals surface area contributed by atoms with Gasteiger partial charge in [-0.2, -0.15) is 0 Å². The van der Waals surface area contributed by atoms with Crippen LogP contribution in [-0.4, -0.2) is 10.9 Å². The van der Waals surface area contributed by atoms with Gasteiger partial charge in [0.1, 0.15) is 5.75 Å². The average molecular weight is 241 g/mol. The second-order valence-electron chi connectivity index (χ2n) is 5.11. The molecule has 0 saturated heterocycles. The van der Waals surface area contributed by atoms with Gasteiger partial charge < -0.3 is 5.11 Å². The number of carbonyl (C=O) groups excluding carboxylic acids is 1. The molecule has 0 radical (unpaired) electrons. The van der Waals surface area contributed by atoms with Crippen molar-refractivity contribution >= 4 is 17.4 Å². The minimum absolute atomic E-state index is 0.0105. The van der Waals surface area contributed by atoms with E-state index < -0.39 is 5.41 Å². The molecule has 16 heavy (non-hydrogen) atoms. The van der Waals surface area contributed by atoms with Crippen molar-refractivity contribution < 1.29 is 9.90 Å². The van der Waals surface area contributed by atoms with E-state index in [1.807, 2.05) is 20.8 Å². The highest BCUT2D eigenvalue weighted by molar-refractivity contribution is 6.35. The number of hydrogen-bond acceptors (Lipinski definition) is 2. The number of carbonyl (C=O) groups is 1. The van der Waals surface area contributed by atoms with Crippen LogP contribution < -0.4 is 0 Å². The molecule has 1 rings (SSSR count). The third kappa shape index (κ3) is 2.22. The summed E-state index contributed by atoms with van der Waals surface area (Å²) in [6.07, 6.45) is 0. The van der Waals surface area contributed by atoms with Gasteiger partial charge in [-0.15, -0.1) is 0 Å². The first-order chi connectivity index (χ1) is 7.16. The maximum atomic E-state index is 12.1. The summed E-state index contributed by atoms with van der Waals surface area (Å²) in [5.41, 5.74) is 1.25. The third-order valence-electron chi connectivity index (χ3n) is 2.58. The molecule has 0 heterocycles. The number of phenolic OH excluding ortho intramolecular Hbond substituents is 1. The number of halogens is 1. The molecule has 0 amide bonds. The third-order valence-corrected chi connectivity index (χ3v) is 3.07. The quantitative estimate of drug-likeness (QED) is 0.756. The molecule has 1 N–H and O–H groups in total. The lowest BCUT2D eigenvalue weighted by atomic mass is 9.85. The zero-order chi connectivity index (χ0) is 12.7. The van der Waals surface area contributed by atoms with Crippen molar-refractivity contribution in [2.24, 2.45) is 5.41 Å². The number of benzene rings is 1. The molecule has 0 bridgehead atoms. The predicted octanol–water partition coefficient (Wildman–Crippen LogP) is 3.89. The number of phenols is 1. The van der Waals surface area contributed by atoms with E-state index in [0.717, 1.165) is 0 Å². The molecule has 0 aromatic heterocycles. The first-order valence-corrected chi connectivity index (χ1v) is 5.57. The van der Waals surface area contributed by atoms with Gasteiger partial charge in [0.15, 0.2) is 5.78 Å². The normalized spacial score (nSPS) is 11.6. The standard InChI is InChI=1S/C13H17ClO2/c1-7-6-9(12(16)13(3,4)5)10(14)8(2)11(7)15/h6,15H,1-5H3. The Hall–Kier alpha value is -1.02. The van der Waals surface area contributed by atoms with E-state index in [2.05, 4.69) is 0 Å². The fourth-order valence-electron chi connectivity index (χ4n) is 1.52. The summed E-state index contributed by atoms with van der Waals surface area (Å²) in [6.45, 7) is 9.03. The predicted molar refractivity (Wildman–Crippen MR) is 66.4 cm³/mol. The lowest BCUT2D eigenvalue weighted by molar-refractivity contribution is 0.0858. The second kappa shape index (κ2) is 4.10. The molecule has 0 aliphatic heterocycles. The fourth-order valence-corrected chi connectivity index (χ4v) is 1.75. The van der Waals surface area contributed by atoms with Crippen LogP contribution in [-0.2, 0) is 0 Å². The summed E-state index contributed by atoms with van der Waals surface area (Å²) in [4.78, 5) is 12.1. The first kappa shape index (κ1) is 13.0. The van der Waals surface area contributed by atoms with Gasteiger partial charge >= 0.3 is 0 Å². The molecular formula is C13H17ClO2. The van der Waals surface area contributed by atoms with Gasteiger partial charge in [0.05, 0.1) is 5.02 Å². The number of Topliss-reactive ketones (excluding diaryl/α,β-unsaturated/α-hetero) is 1. The van der Waals surface area contributed by atoms with Crippen molar-refractivity contribution in [2.75, 3.05) is 0 Å². The molecular weight excluding hydrogens is 224 g/mol. The maximum Gasteiger partial charge on any atom is 0.169 e. The Bertz CT molecular complexity index is 442. The smallest absolute Gasteiger partial charge is 0.169 e. The molecule has 0 saturated carbocycles. The Labute approximate surface area is 101 Å². The highest BCUT2D eigenvalue weighted by Crippen LogP contribution is 2.34. The van der Waals surface area contributed by atoms with Crippen LogP contribution >= 0.6 is 11.6 Å². The molecule has 0 atom stereocenters. The van der Waals surface area contributed by atoms with E-state index in [1.54, 1.807) is 19.9 Å². The molecule has 1 aromatic carbocycles. The van der Waals surface area contributed by atoms with Gasteiger partial charge in [-0.1, -0.05) is 32.4 Å². The van der Waals surface area contributed by atoms with Crippen LogP contribution in [0.1, 0.15) is 42.3 Å². The van der Waals surface area contributed by atoms with E-state index in [0.29, 0.717) is 21.7 Å². The summed E-state index contributed by atoms with van der Waals surface area (Å²) in [5, 5.41) is 10.1. The van der Waals surface area contributed by atoms with Crippen LogP contribution in [0.2, 0.25) is 5.02 Å². The molecule has 2 nitrogen and oxygen atoms in total. The van der Waals surface area contributed by atoms with Crippen LogP contribution in [0.4, 0.5) is 0 Å². The Morgan fingerprint density at radius 2 is 1.81 bits per heavy atom. The zero-order valence-corrected chi connectivity index (χ0v) is 11.1. The van der Waals surface area contributed by atoms with Crippen molar-refractivity contribution in [3.63, 3.8) is 0 Å². The largest absolute Gasteiger partial charge is 0.507 e. The fraction of sp³-hybridized carbons (Fsp3) is 0.462. The van der Waals surface area contributed by atoms with Crippen LogP contribution in [0.25, 0.3) is 0 Å². The number of rotatable bonds is 1. The van der Waals surface area contributed by atoms with Gasteiger partial charge in [0.25, 0.3) is 0 Å². The monoisotopic (exact) mass is 240 g/mol. The van der Waals surface area contributed by atoms with Crippen molar-refractivity contribution in [1.82, 2.24) is 0 Å². The Morgan fingerprint density at radius 1 is 1.31 bits per heavy atom. The Balaban J connectivity index is 3.43. The second-order valence-corrected chi connectivity index (χ2v) is 5.49. The Morgan fingerprint density at radius 3 is 2.25 bits per heavy atom. The van der Waals surface area contributed by atoms with Crippen LogP contribution in [0.15, 0.2) is 6.07 Å². The van der Waals surface area contributed by atoms with Gasteiger partial charge in [-0.25, -0.2) is 0 Å². The molecule has 0 fully saturated rings. The van der Waals surface area contributed by atoms with Crippen molar-refractivity contribution in [3.8, 4) is 5.75 Å². The average Bonchev–Trinajstić information content (AvgIpc) is 2.18. The Kier molecular flexibility index (Phi) is 3.34. The van der Waals surface area contributed by atoms with Crippen LogP contribution in [0, 0.1) is 19.3 Å². The minimum atomic E-state index is -0.473. The molecule has 88 valence electrons. The first-order valence-electron chi connectivity index (χ1n) is 5.19.